The molecule has 0 bridgehead atoms. The monoisotopic (exact) mass is 550 g/mol. The highest BCUT2D eigenvalue weighted by atomic mass is 35.5. The molecule has 1 amide bonds. The average molecular weight is 551 g/mol. The van der Waals surface area contributed by atoms with E-state index in [0.717, 1.165) is 10.6 Å². The van der Waals surface area contributed by atoms with Crippen molar-refractivity contribution in [2.45, 2.75) is 29.7 Å². The Bertz CT molecular complexity index is 1410. The lowest BCUT2D eigenvalue weighted by Crippen LogP contribution is -2.41. The molecule has 0 aliphatic carbocycles. The summed E-state index contributed by atoms with van der Waals surface area (Å²) in [5.41, 5.74) is 0.956. The number of nitrogens with zero attached hydrogens (tertiary/aromatic N) is 1. The first kappa shape index (κ1) is 27.5. The number of rotatable bonds is 10. The zero-order valence-corrected chi connectivity index (χ0v) is 22.4. The van der Waals surface area contributed by atoms with E-state index in [0.29, 0.717) is 22.9 Å². The molecule has 36 heavy (non-hydrogen) atoms. The number of nitrogens with one attached hydrogen (secondary N) is 1. The molecule has 3 aromatic rings. The van der Waals surface area contributed by atoms with Gasteiger partial charge >= 0.3 is 0 Å². The second-order valence-electron chi connectivity index (χ2n) is 8.02. The molecule has 0 aliphatic heterocycles. The summed E-state index contributed by atoms with van der Waals surface area (Å²) in [6, 6.07) is 17.7. The first-order valence-corrected chi connectivity index (χ1v) is 14.7. The fourth-order valence-corrected chi connectivity index (χ4v) is 5.61. The SMILES string of the molecule is CCOc1ccc(N(CC(=O)N[C@@H](C)c2ccc(S(C)(=O)=O)cc2)S(=O)(=O)c2ccc(Cl)cc2)cc1. The number of hydrogen-bond acceptors (Lipinski definition) is 6. The summed E-state index contributed by atoms with van der Waals surface area (Å²) in [5, 5.41) is 3.16. The lowest BCUT2D eigenvalue weighted by molar-refractivity contribution is -0.120. The lowest BCUT2D eigenvalue weighted by Gasteiger charge is -2.25. The van der Waals surface area contributed by atoms with E-state index < -0.39 is 38.4 Å². The number of sulfonamides is 1. The quantitative estimate of drug-likeness (QED) is 0.405. The van der Waals surface area contributed by atoms with Crippen molar-refractivity contribution in [3.05, 3.63) is 83.4 Å². The molecule has 192 valence electrons. The molecular weight excluding hydrogens is 524 g/mol. The predicted molar refractivity (Wildman–Crippen MR) is 140 cm³/mol. The number of benzene rings is 3. The first-order chi connectivity index (χ1) is 16.9. The third-order valence-corrected chi connectivity index (χ3v) is 8.48. The zero-order valence-electron chi connectivity index (χ0n) is 20.0. The van der Waals surface area contributed by atoms with Crippen LogP contribution >= 0.6 is 11.6 Å². The number of anilines is 1. The predicted octanol–water partition coefficient (Wildman–Crippen LogP) is 4.21. The van der Waals surface area contributed by atoms with Crippen molar-refractivity contribution in [2.24, 2.45) is 0 Å². The van der Waals surface area contributed by atoms with Gasteiger partial charge in [-0.2, -0.15) is 0 Å². The van der Waals surface area contributed by atoms with Crippen molar-refractivity contribution < 1.29 is 26.4 Å². The van der Waals surface area contributed by atoms with E-state index in [1.165, 1.54) is 36.4 Å². The Labute approximate surface area is 216 Å². The molecule has 0 radical (unpaired) electrons. The maximum atomic E-state index is 13.5. The molecule has 0 unspecified atom stereocenters. The fraction of sp³-hybridized carbons (Fsp3) is 0.240. The highest BCUT2D eigenvalue weighted by molar-refractivity contribution is 7.93. The molecular formula is C25H27ClN2O6S2. The summed E-state index contributed by atoms with van der Waals surface area (Å²) >= 11 is 5.92. The Morgan fingerprint density at radius 3 is 2.00 bits per heavy atom. The minimum absolute atomic E-state index is 0.0157. The molecule has 3 rings (SSSR count). The van der Waals surface area contributed by atoms with E-state index >= 15 is 0 Å². The van der Waals surface area contributed by atoms with Crippen LogP contribution in [0.4, 0.5) is 5.69 Å². The molecule has 0 aliphatic rings. The van der Waals surface area contributed by atoms with Gasteiger partial charge in [0, 0.05) is 11.3 Å². The largest absolute Gasteiger partial charge is 0.494 e. The minimum Gasteiger partial charge on any atom is -0.494 e. The first-order valence-electron chi connectivity index (χ1n) is 11.0. The lowest BCUT2D eigenvalue weighted by atomic mass is 10.1. The van der Waals surface area contributed by atoms with Gasteiger partial charge in [0.1, 0.15) is 12.3 Å². The van der Waals surface area contributed by atoms with Gasteiger partial charge in [-0.1, -0.05) is 23.7 Å². The van der Waals surface area contributed by atoms with Crippen LogP contribution in [0.3, 0.4) is 0 Å². The van der Waals surface area contributed by atoms with E-state index in [9.17, 15) is 21.6 Å². The van der Waals surface area contributed by atoms with Gasteiger partial charge in [-0.3, -0.25) is 9.10 Å². The Kier molecular flexibility index (Phi) is 8.65. The molecule has 0 fully saturated rings. The highest BCUT2D eigenvalue weighted by Crippen LogP contribution is 2.27. The second-order valence-corrected chi connectivity index (χ2v) is 12.3. The number of sulfone groups is 1. The molecule has 0 aromatic heterocycles. The van der Waals surface area contributed by atoms with E-state index in [4.69, 9.17) is 16.3 Å². The normalized spacial score (nSPS) is 12.6. The molecule has 1 atom stereocenters. The van der Waals surface area contributed by atoms with Gasteiger partial charge in [-0.15, -0.1) is 0 Å². The van der Waals surface area contributed by atoms with Crippen molar-refractivity contribution >= 4 is 43.1 Å². The summed E-state index contributed by atoms with van der Waals surface area (Å²) in [6.07, 6.45) is 1.11. The van der Waals surface area contributed by atoms with E-state index in [1.807, 2.05) is 6.92 Å². The molecule has 8 nitrogen and oxygen atoms in total. The van der Waals surface area contributed by atoms with Gasteiger partial charge in [0.2, 0.25) is 5.91 Å². The number of hydrogen-bond donors (Lipinski definition) is 1. The van der Waals surface area contributed by atoms with Crippen LogP contribution in [0.5, 0.6) is 5.75 Å². The van der Waals surface area contributed by atoms with Crippen LogP contribution in [0.15, 0.2) is 82.6 Å². The van der Waals surface area contributed by atoms with Crippen LogP contribution in [0, 0.1) is 0 Å². The summed E-state index contributed by atoms with van der Waals surface area (Å²) < 4.78 is 56.8. The van der Waals surface area contributed by atoms with Gasteiger partial charge in [-0.05, 0) is 80.1 Å². The standard InChI is InChI=1S/C25H27ClN2O6S2/c1-4-34-22-11-9-21(10-12-22)28(36(32,33)24-15-7-20(26)8-16-24)17-25(29)27-18(2)19-5-13-23(14-6-19)35(3,30)31/h5-16,18H,4,17H2,1-3H3,(H,27,29)/t18-/m0/s1. The van der Waals surface area contributed by atoms with Crippen LogP contribution in [0.25, 0.3) is 0 Å². The van der Waals surface area contributed by atoms with Crippen molar-refractivity contribution in [3.63, 3.8) is 0 Å². The van der Waals surface area contributed by atoms with Gasteiger partial charge in [0.15, 0.2) is 9.84 Å². The maximum Gasteiger partial charge on any atom is 0.264 e. The van der Waals surface area contributed by atoms with Crippen molar-refractivity contribution in [2.75, 3.05) is 23.7 Å². The summed E-state index contributed by atoms with van der Waals surface area (Å²) in [5.74, 6) is 0.0295. The Morgan fingerprint density at radius 1 is 0.917 bits per heavy atom. The summed E-state index contributed by atoms with van der Waals surface area (Å²) in [7, 11) is -7.45. The number of carbonyl (C=O) groups excluding carboxylic acids is 1. The zero-order chi connectivity index (χ0) is 26.5. The van der Waals surface area contributed by atoms with Gasteiger partial charge < -0.3 is 10.1 Å². The van der Waals surface area contributed by atoms with Crippen molar-refractivity contribution in [1.82, 2.24) is 5.32 Å². The molecule has 0 spiro atoms. The third-order valence-electron chi connectivity index (χ3n) is 5.31. The highest BCUT2D eigenvalue weighted by Gasteiger charge is 2.28. The molecule has 0 heterocycles. The number of halogens is 1. The maximum absolute atomic E-state index is 13.5. The van der Waals surface area contributed by atoms with Crippen molar-refractivity contribution in [3.8, 4) is 5.75 Å². The fourth-order valence-electron chi connectivity index (χ4n) is 3.43. The third kappa shape index (κ3) is 6.77. The minimum atomic E-state index is -4.11. The van der Waals surface area contributed by atoms with Crippen LogP contribution in [-0.4, -0.2) is 42.2 Å². The van der Waals surface area contributed by atoms with Gasteiger partial charge in [0.05, 0.1) is 28.1 Å². The Hall–Kier alpha value is -3.08. The molecule has 11 heteroatoms. The topological polar surface area (TPSA) is 110 Å². The number of ether oxygens (including phenoxy) is 1. The molecule has 3 aromatic carbocycles. The van der Waals surface area contributed by atoms with E-state index in [2.05, 4.69) is 5.32 Å². The summed E-state index contributed by atoms with van der Waals surface area (Å²) in [6.45, 7) is 3.54. The second kappa shape index (κ2) is 11.3. The Morgan fingerprint density at radius 2 is 1.47 bits per heavy atom. The molecule has 0 saturated heterocycles. The van der Waals surface area contributed by atoms with Crippen LogP contribution in [0.1, 0.15) is 25.5 Å². The smallest absolute Gasteiger partial charge is 0.264 e. The molecule has 0 saturated carbocycles. The Balaban J connectivity index is 1.86. The van der Waals surface area contributed by atoms with E-state index in [1.54, 1.807) is 43.3 Å². The number of amides is 1. The van der Waals surface area contributed by atoms with Crippen LogP contribution < -0.4 is 14.4 Å². The average Bonchev–Trinajstić information content (AvgIpc) is 2.83. The summed E-state index contributed by atoms with van der Waals surface area (Å²) in [4.78, 5) is 13.1. The van der Waals surface area contributed by atoms with E-state index in [-0.39, 0.29) is 15.5 Å². The van der Waals surface area contributed by atoms with Crippen molar-refractivity contribution in [1.29, 1.82) is 0 Å². The van der Waals surface area contributed by atoms with Crippen LogP contribution in [0.2, 0.25) is 5.02 Å². The van der Waals surface area contributed by atoms with Gasteiger partial charge in [0.25, 0.3) is 10.0 Å². The van der Waals surface area contributed by atoms with Crippen LogP contribution in [-0.2, 0) is 24.7 Å². The number of carbonyl (C=O) groups is 1. The molecule has 1 N–H and O–H groups in total. The van der Waals surface area contributed by atoms with Gasteiger partial charge in [-0.25, -0.2) is 16.8 Å².